The fourth-order valence-electron chi connectivity index (χ4n) is 4.38. The molecule has 2 aromatic rings. The molecule has 31 heavy (non-hydrogen) atoms. The van der Waals surface area contributed by atoms with Crippen LogP contribution in [0.2, 0.25) is 10.0 Å². The van der Waals surface area contributed by atoms with Crippen LogP contribution in [0.5, 0.6) is 5.75 Å². The van der Waals surface area contributed by atoms with E-state index in [0.29, 0.717) is 5.02 Å². The minimum absolute atomic E-state index is 0.0787. The van der Waals surface area contributed by atoms with Gasteiger partial charge in [-0.25, -0.2) is 0 Å². The Balaban J connectivity index is 1.25. The fourth-order valence-corrected chi connectivity index (χ4v) is 4.79. The number of Topliss-reactive ketones (excluding diaryl/α,β-unsaturated/α-hetero) is 1. The molecule has 0 saturated carbocycles. The number of piperidine rings is 1. The number of hydrogen-bond donors (Lipinski definition) is 0. The Bertz CT molecular complexity index is 968. The predicted molar refractivity (Wildman–Crippen MR) is 127 cm³/mol. The van der Waals surface area contributed by atoms with Gasteiger partial charge in [-0.1, -0.05) is 41.4 Å². The smallest absolute Gasteiger partial charge is 0.161 e. The van der Waals surface area contributed by atoms with Crippen LogP contribution in [0.3, 0.4) is 0 Å². The van der Waals surface area contributed by atoms with Gasteiger partial charge >= 0.3 is 0 Å². The molecule has 4 nitrogen and oxygen atoms in total. The van der Waals surface area contributed by atoms with Crippen molar-refractivity contribution in [3.8, 4) is 5.75 Å². The SMILES string of the molecule is CC(=O)C1=CN(CCCN2CCC(Oc3cccc(Cl)c3)CC2)Cc2c(Cl)cccc21. The molecular formula is C25H28Cl2N2O2. The Morgan fingerprint density at radius 3 is 2.61 bits per heavy atom. The number of halogens is 2. The third kappa shape index (κ3) is 5.62. The number of nitrogens with zero attached hydrogens (tertiary/aromatic N) is 2. The maximum absolute atomic E-state index is 12.2. The molecule has 0 unspecified atom stereocenters. The van der Waals surface area contributed by atoms with E-state index in [-0.39, 0.29) is 11.9 Å². The van der Waals surface area contributed by atoms with Crippen molar-refractivity contribution in [1.29, 1.82) is 0 Å². The lowest BCUT2D eigenvalue weighted by Crippen LogP contribution is -2.39. The molecule has 164 valence electrons. The number of rotatable bonds is 7. The van der Waals surface area contributed by atoms with Gasteiger partial charge in [0.25, 0.3) is 0 Å². The van der Waals surface area contributed by atoms with Crippen molar-refractivity contribution in [3.05, 3.63) is 69.8 Å². The van der Waals surface area contributed by atoms with Crippen LogP contribution in [0, 0.1) is 0 Å². The molecular weight excluding hydrogens is 431 g/mol. The van der Waals surface area contributed by atoms with Crippen LogP contribution in [-0.2, 0) is 11.3 Å². The molecule has 0 N–H and O–H groups in total. The highest BCUT2D eigenvalue weighted by Gasteiger charge is 2.23. The van der Waals surface area contributed by atoms with E-state index in [1.807, 2.05) is 48.7 Å². The van der Waals surface area contributed by atoms with E-state index in [0.717, 1.165) is 79.5 Å². The quantitative estimate of drug-likeness (QED) is 0.534. The van der Waals surface area contributed by atoms with Gasteiger partial charge in [-0.2, -0.15) is 0 Å². The average molecular weight is 459 g/mol. The summed E-state index contributed by atoms with van der Waals surface area (Å²) in [6.45, 7) is 6.39. The second-order valence-electron chi connectivity index (χ2n) is 8.31. The normalized spacial score (nSPS) is 17.3. The Morgan fingerprint density at radius 1 is 1.10 bits per heavy atom. The van der Waals surface area contributed by atoms with Gasteiger partial charge in [0.15, 0.2) is 5.78 Å². The van der Waals surface area contributed by atoms with Crippen molar-refractivity contribution in [2.45, 2.75) is 38.8 Å². The van der Waals surface area contributed by atoms with Crippen LogP contribution >= 0.6 is 23.2 Å². The van der Waals surface area contributed by atoms with Gasteiger partial charge in [0.2, 0.25) is 0 Å². The van der Waals surface area contributed by atoms with Gasteiger partial charge in [-0.3, -0.25) is 4.79 Å². The van der Waals surface area contributed by atoms with Crippen LogP contribution in [-0.4, -0.2) is 47.9 Å². The molecule has 0 aromatic heterocycles. The second kappa shape index (κ2) is 10.1. The molecule has 0 spiro atoms. The maximum atomic E-state index is 12.2. The minimum atomic E-state index is 0.0787. The van der Waals surface area contributed by atoms with E-state index in [4.69, 9.17) is 27.9 Å². The lowest BCUT2D eigenvalue weighted by molar-refractivity contribution is -0.111. The predicted octanol–water partition coefficient (Wildman–Crippen LogP) is 5.67. The van der Waals surface area contributed by atoms with Crippen molar-refractivity contribution in [1.82, 2.24) is 9.80 Å². The first-order chi connectivity index (χ1) is 15.0. The zero-order chi connectivity index (χ0) is 21.8. The van der Waals surface area contributed by atoms with Gasteiger partial charge in [0.1, 0.15) is 11.9 Å². The molecule has 6 heteroatoms. The zero-order valence-electron chi connectivity index (χ0n) is 17.8. The average Bonchev–Trinajstić information content (AvgIpc) is 2.75. The van der Waals surface area contributed by atoms with Gasteiger partial charge in [0.05, 0.1) is 0 Å². The van der Waals surface area contributed by atoms with E-state index in [1.165, 1.54) is 0 Å². The lowest BCUT2D eigenvalue weighted by Gasteiger charge is -2.33. The number of ether oxygens (including phenoxy) is 1. The topological polar surface area (TPSA) is 32.8 Å². The van der Waals surface area contributed by atoms with Crippen molar-refractivity contribution in [2.75, 3.05) is 26.2 Å². The number of allylic oxidation sites excluding steroid dienone is 1. The van der Waals surface area contributed by atoms with Gasteiger partial charge in [-0.05, 0) is 68.1 Å². The van der Waals surface area contributed by atoms with Crippen LogP contribution in [0.15, 0.2) is 48.7 Å². The van der Waals surface area contributed by atoms with E-state index in [1.54, 1.807) is 6.92 Å². The van der Waals surface area contributed by atoms with Gasteiger partial charge in [0, 0.05) is 48.0 Å². The summed E-state index contributed by atoms with van der Waals surface area (Å²) in [7, 11) is 0. The molecule has 1 saturated heterocycles. The third-order valence-corrected chi connectivity index (χ3v) is 6.60. The number of hydrogen-bond acceptors (Lipinski definition) is 4. The first-order valence-corrected chi connectivity index (χ1v) is 11.6. The molecule has 1 fully saturated rings. The molecule has 0 radical (unpaired) electrons. The minimum Gasteiger partial charge on any atom is -0.490 e. The number of carbonyl (C=O) groups excluding carboxylic acids is 1. The highest BCUT2D eigenvalue weighted by Crippen LogP contribution is 2.32. The molecule has 0 aliphatic carbocycles. The number of benzene rings is 2. The summed E-state index contributed by atoms with van der Waals surface area (Å²) in [5, 5.41) is 1.44. The monoisotopic (exact) mass is 458 g/mol. The number of carbonyl (C=O) groups is 1. The number of fused-ring (bicyclic) bond motifs is 1. The molecule has 2 aliphatic rings. The van der Waals surface area contributed by atoms with Gasteiger partial charge < -0.3 is 14.5 Å². The summed E-state index contributed by atoms with van der Waals surface area (Å²) in [6.07, 6.45) is 5.34. The molecule has 2 heterocycles. The van der Waals surface area contributed by atoms with Crippen LogP contribution in [0.25, 0.3) is 5.57 Å². The molecule has 0 bridgehead atoms. The summed E-state index contributed by atoms with van der Waals surface area (Å²) in [5.74, 6) is 0.929. The Labute approximate surface area is 194 Å². The van der Waals surface area contributed by atoms with Crippen molar-refractivity contribution >= 4 is 34.6 Å². The highest BCUT2D eigenvalue weighted by molar-refractivity contribution is 6.32. The van der Waals surface area contributed by atoms with Gasteiger partial charge in [-0.15, -0.1) is 0 Å². The first kappa shape index (κ1) is 22.2. The molecule has 2 aromatic carbocycles. The van der Waals surface area contributed by atoms with Crippen LogP contribution in [0.1, 0.15) is 37.3 Å². The number of likely N-dealkylation sites (tertiary alicyclic amines) is 1. The lowest BCUT2D eigenvalue weighted by atomic mass is 9.94. The Hall–Kier alpha value is -2.01. The van der Waals surface area contributed by atoms with Crippen molar-refractivity contribution < 1.29 is 9.53 Å². The summed E-state index contributed by atoms with van der Waals surface area (Å²) in [5.41, 5.74) is 2.77. The largest absolute Gasteiger partial charge is 0.490 e. The van der Waals surface area contributed by atoms with E-state index >= 15 is 0 Å². The van der Waals surface area contributed by atoms with E-state index in [9.17, 15) is 4.79 Å². The van der Waals surface area contributed by atoms with E-state index < -0.39 is 0 Å². The Kier molecular flexibility index (Phi) is 7.21. The molecule has 4 rings (SSSR count). The highest BCUT2D eigenvalue weighted by atomic mass is 35.5. The van der Waals surface area contributed by atoms with E-state index in [2.05, 4.69) is 9.80 Å². The number of ketones is 1. The fraction of sp³-hybridized carbons (Fsp3) is 0.400. The Morgan fingerprint density at radius 2 is 1.87 bits per heavy atom. The summed E-state index contributed by atoms with van der Waals surface area (Å²) in [4.78, 5) is 16.9. The molecule has 2 aliphatic heterocycles. The maximum Gasteiger partial charge on any atom is 0.161 e. The molecule has 0 atom stereocenters. The first-order valence-electron chi connectivity index (χ1n) is 10.9. The second-order valence-corrected chi connectivity index (χ2v) is 9.15. The standard InChI is InChI=1S/C25H28Cl2N2O2/c1-18(30)23-16-29(17-24-22(23)7-3-8-25(24)27)12-4-11-28-13-9-20(10-14-28)31-21-6-2-5-19(26)15-21/h2-3,5-8,15-16,20H,4,9-14,17H2,1H3. The van der Waals surface area contributed by atoms with Crippen molar-refractivity contribution in [3.63, 3.8) is 0 Å². The third-order valence-electron chi connectivity index (χ3n) is 6.01. The summed E-state index contributed by atoms with van der Waals surface area (Å²) >= 11 is 12.5. The summed E-state index contributed by atoms with van der Waals surface area (Å²) < 4.78 is 6.09. The van der Waals surface area contributed by atoms with Crippen LogP contribution in [0.4, 0.5) is 0 Å². The zero-order valence-corrected chi connectivity index (χ0v) is 19.3. The molecule has 0 amide bonds. The van der Waals surface area contributed by atoms with Crippen LogP contribution < -0.4 is 4.74 Å². The van der Waals surface area contributed by atoms with Crippen molar-refractivity contribution in [2.24, 2.45) is 0 Å². The summed E-state index contributed by atoms with van der Waals surface area (Å²) in [6, 6.07) is 13.4.